The number of carboxylic acids is 1. The van der Waals surface area contributed by atoms with E-state index in [0.717, 1.165) is 11.8 Å². The van der Waals surface area contributed by atoms with Gasteiger partial charge in [-0.2, -0.15) is 10.1 Å². The largest absolute Gasteiger partial charge is 0.480 e. The Morgan fingerprint density at radius 2 is 2.29 bits per heavy atom. The number of H-pyrrole nitrogens is 1. The zero-order valence-corrected chi connectivity index (χ0v) is 8.46. The van der Waals surface area contributed by atoms with Gasteiger partial charge in [0.25, 0.3) is 0 Å². The van der Waals surface area contributed by atoms with E-state index in [2.05, 4.69) is 15.2 Å². The van der Waals surface area contributed by atoms with E-state index in [1.165, 1.54) is 6.92 Å². The molecule has 6 nitrogen and oxygen atoms in total. The lowest BCUT2D eigenvalue weighted by molar-refractivity contribution is -0.136. The van der Waals surface area contributed by atoms with Crippen LogP contribution in [-0.4, -0.2) is 31.5 Å². The van der Waals surface area contributed by atoms with Gasteiger partial charge in [-0.25, -0.2) is 9.89 Å². The Kier molecular flexibility index (Phi) is 3.23. The number of aromatic amines is 1. The van der Waals surface area contributed by atoms with Crippen molar-refractivity contribution in [3.05, 3.63) is 16.2 Å². The first-order chi connectivity index (χ1) is 6.50. The summed E-state index contributed by atoms with van der Waals surface area (Å²) in [6.45, 7) is 3.18. The fraction of sp³-hybridized carbons (Fsp3) is 0.429. The summed E-state index contributed by atoms with van der Waals surface area (Å²) in [7, 11) is 0. The van der Waals surface area contributed by atoms with E-state index < -0.39 is 16.9 Å². The third-order valence-electron chi connectivity index (χ3n) is 1.47. The first-order valence-electron chi connectivity index (χ1n) is 3.83. The molecule has 0 saturated heterocycles. The van der Waals surface area contributed by atoms with E-state index in [0.29, 0.717) is 10.7 Å². The minimum Gasteiger partial charge on any atom is -0.480 e. The van der Waals surface area contributed by atoms with Gasteiger partial charge in [0, 0.05) is 0 Å². The number of rotatable bonds is 3. The molecule has 1 rings (SSSR count). The van der Waals surface area contributed by atoms with E-state index in [4.69, 9.17) is 5.11 Å². The lowest BCUT2D eigenvalue weighted by atomic mass is 10.5. The van der Waals surface area contributed by atoms with E-state index in [9.17, 15) is 9.59 Å². The van der Waals surface area contributed by atoms with Crippen molar-refractivity contribution in [2.45, 2.75) is 24.1 Å². The second-order valence-corrected chi connectivity index (χ2v) is 3.96. The SMILES string of the molecule is Cc1n[nH]c(=O)nc1SC(C)C(=O)O. The van der Waals surface area contributed by atoms with Gasteiger partial charge in [-0.05, 0) is 13.8 Å². The second-order valence-electron chi connectivity index (χ2n) is 2.63. The normalized spacial score (nSPS) is 12.4. The molecule has 1 unspecified atom stereocenters. The fourth-order valence-electron chi connectivity index (χ4n) is 0.707. The van der Waals surface area contributed by atoms with Crippen LogP contribution in [0.2, 0.25) is 0 Å². The molecular weight excluding hydrogens is 206 g/mol. The van der Waals surface area contributed by atoms with Gasteiger partial charge >= 0.3 is 11.7 Å². The Balaban J connectivity index is 2.91. The van der Waals surface area contributed by atoms with Gasteiger partial charge in [-0.1, -0.05) is 11.8 Å². The molecule has 0 spiro atoms. The minimum atomic E-state index is -0.948. The van der Waals surface area contributed by atoms with Crippen molar-refractivity contribution in [1.82, 2.24) is 15.2 Å². The number of aromatic nitrogens is 3. The van der Waals surface area contributed by atoms with Crippen molar-refractivity contribution >= 4 is 17.7 Å². The Morgan fingerprint density at radius 3 is 2.86 bits per heavy atom. The number of carbonyl (C=O) groups is 1. The van der Waals surface area contributed by atoms with Crippen molar-refractivity contribution in [2.75, 3.05) is 0 Å². The van der Waals surface area contributed by atoms with Gasteiger partial charge < -0.3 is 5.11 Å². The van der Waals surface area contributed by atoms with Crippen LogP contribution >= 0.6 is 11.8 Å². The van der Waals surface area contributed by atoms with E-state index in [-0.39, 0.29) is 0 Å². The summed E-state index contributed by atoms with van der Waals surface area (Å²) in [4.78, 5) is 25.0. The van der Waals surface area contributed by atoms with Gasteiger partial charge in [0.05, 0.1) is 5.69 Å². The van der Waals surface area contributed by atoms with Gasteiger partial charge in [0.1, 0.15) is 10.3 Å². The molecule has 0 aliphatic carbocycles. The monoisotopic (exact) mass is 215 g/mol. The molecule has 1 heterocycles. The number of aliphatic carboxylic acids is 1. The minimum absolute atomic E-state index is 0.351. The molecule has 0 aliphatic rings. The van der Waals surface area contributed by atoms with Crippen LogP contribution < -0.4 is 5.69 Å². The predicted octanol–water partition coefficient (Wildman–Crippen LogP) is 0.0385. The molecule has 0 amide bonds. The Labute approximate surface area is 83.8 Å². The van der Waals surface area contributed by atoms with Gasteiger partial charge in [0.15, 0.2) is 0 Å². The Bertz CT molecular complexity index is 403. The van der Waals surface area contributed by atoms with Crippen molar-refractivity contribution in [3.63, 3.8) is 0 Å². The smallest absolute Gasteiger partial charge is 0.362 e. The number of carboxylic acid groups (broad SMARTS) is 1. The highest BCUT2D eigenvalue weighted by molar-refractivity contribution is 8.00. The number of nitrogens with zero attached hydrogens (tertiary/aromatic N) is 2. The molecule has 0 aromatic carbocycles. The molecule has 0 bridgehead atoms. The summed E-state index contributed by atoms with van der Waals surface area (Å²) >= 11 is 0.999. The van der Waals surface area contributed by atoms with Crippen LogP contribution in [0.3, 0.4) is 0 Å². The Morgan fingerprint density at radius 1 is 1.64 bits per heavy atom. The molecule has 0 radical (unpaired) electrons. The molecule has 7 heteroatoms. The van der Waals surface area contributed by atoms with Crippen molar-refractivity contribution < 1.29 is 9.90 Å². The maximum absolute atomic E-state index is 10.8. The third kappa shape index (κ3) is 2.56. The van der Waals surface area contributed by atoms with Crippen LogP contribution in [0.4, 0.5) is 0 Å². The van der Waals surface area contributed by atoms with Gasteiger partial charge in [-0.15, -0.1) is 0 Å². The lowest BCUT2D eigenvalue weighted by Crippen LogP contribution is -2.17. The number of hydrogen-bond acceptors (Lipinski definition) is 5. The molecule has 0 fully saturated rings. The van der Waals surface area contributed by atoms with Crippen LogP contribution in [0.15, 0.2) is 9.82 Å². The summed E-state index contributed by atoms with van der Waals surface area (Å²) in [5.74, 6) is -0.948. The molecule has 1 atom stereocenters. The van der Waals surface area contributed by atoms with Crippen LogP contribution in [0, 0.1) is 6.92 Å². The van der Waals surface area contributed by atoms with Gasteiger partial charge in [-0.3, -0.25) is 4.79 Å². The van der Waals surface area contributed by atoms with Crippen molar-refractivity contribution in [2.24, 2.45) is 0 Å². The summed E-state index contributed by atoms with van der Waals surface area (Å²) in [6, 6.07) is 0. The summed E-state index contributed by atoms with van der Waals surface area (Å²) in [6.07, 6.45) is 0. The maximum atomic E-state index is 10.8. The standard InChI is InChI=1S/C7H9N3O3S/c1-3-5(8-7(13)10-9-3)14-4(2)6(11)12/h4H,1-2H3,(H,11,12)(H,8,10,13). The van der Waals surface area contributed by atoms with Crippen LogP contribution in [0.25, 0.3) is 0 Å². The lowest BCUT2D eigenvalue weighted by Gasteiger charge is -2.05. The van der Waals surface area contributed by atoms with Crippen molar-refractivity contribution in [3.8, 4) is 0 Å². The molecule has 14 heavy (non-hydrogen) atoms. The quantitative estimate of drug-likeness (QED) is 0.691. The molecule has 1 aromatic heterocycles. The van der Waals surface area contributed by atoms with E-state index in [1.54, 1.807) is 6.92 Å². The highest BCUT2D eigenvalue weighted by Crippen LogP contribution is 2.21. The maximum Gasteiger partial charge on any atom is 0.362 e. The number of nitrogens with one attached hydrogen (secondary N) is 1. The average molecular weight is 215 g/mol. The van der Waals surface area contributed by atoms with E-state index >= 15 is 0 Å². The second kappa shape index (κ2) is 4.23. The van der Waals surface area contributed by atoms with Crippen molar-refractivity contribution in [1.29, 1.82) is 0 Å². The summed E-state index contributed by atoms with van der Waals surface area (Å²) in [5, 5.41) is 14.2. The van der Waals surface area contributed by atoms with Gasteiger partial charge in [0.2, 0.25) is 0 Å². The topological polar surface area (TPSA) is 95.9 Å². The Hall–Kier alpha value is -1.37. The zero-order valence-electron chi connectivity index (χ0n) is 7.64. The van der Waals surface area contributed by atoms with Crippen LogP contribution in [0.1, 0.15) is 12.6 Å². The number of hydrogen-bond donors (Lipinski definition) is 2. The number of thioether (sulfide) groups is 1. The molecule has 76 valence electrons. The molecule has 1 aromatic rings. The first kappa shape index (κ1) is 10.7. The number of aryl methyl sites for hydroxylation is 1. The summed E-state index contributed by atoms with van der Waals surface area (Å²) in [5.41, 5.74) is -0.0570. The highest BCUT2D eigenvalue weighted by atomic mass is 32.2. The first-order valence-corrected chi connectivity index (χ1v) is 4.71. The highest BCUT2D eigenvalue weighted by Gasteiger charge is 2.15. The molecule has 0 aliphatic heterocycles. The molecular formula is C7H9N3O3S. The van der Waals surface area contributed by atoms with Crippen LogP contribution in [-0.2, 0) is 4.79 Å². The molecule has 0 saturated carbocycles. The zero-order chi connectivity index (χ0) is 10.7. The predicted molar refractivity (Wildman–Crippen MR) is 50.3 cm³/mol. The van der Waals surface area contributed by atoms with Crippen LogP contribution in [0.5, 0.6) is 0 Å². The summed E-state index contributed by atoms with van der Waals surface area (Å²) < 4.78 is 0. The third-order valence-corrected chi connectivity index (χ3v) is 2.63. The average Bonchev–Trinajstić information content (AvgIpc) is 2.11. The fourth-order valence-corrected chi connectivity index (χ4v) is 1.49. The van der Waals surface area contributed by atoms with E-state index in [1.807, 2.05) is 0 Å². The molecule has 2 N–H and O–H groups in total.